The second-order valence-electron chi connectivity index (χ2n) is 6.21. The van der Waals surface area contributed by atoms with Crippen molar-refractivity contribution in [1.82, 2.24) is 19.5 Å². The van der Waals surface area contributed by atoms with Gasteiger partial charge in [-0.2, -0.15) is 8.62 Å². The molecule has 0 aliphatic carbocycles. The predicted octanol–water partition coefficient (Wildman–Crippen LogP) is -0.966. The zero-order valence-corrected chi connectivity index (χ0v) is 18.8. The lowest BCUT2D eigenvalue weighted by Gasteiger charge is -2.19. The number of aromatic nitrogens is 4. The van der Waals surface area contributed by atoms with E-state index in [1.54, 1.807) is 0 Å². The number of ether oxygens (including phenoxy) is 1. The second kappa shape index (κ2) is 8.90. The molecule has 0 radical (unpaired) electrons. The van der Waals surface area contributed by atoms with E-state index in [0.29, 0.717) is 0 Å². The first-order valence-corrected chi connectivity index (χ1v) is 13.0. The Labute approximate surface area is 182 Å². The van der Waals surface area contributed by atoms with Crippen LogP contribution >= 0.6 is 35.7 Å². The van der Waals surface area contributed by atoms with Gasteiger partial charge in [0.25, 0.3) is 0 Å². The van der Waals surface area contributed by atoms with Crippen LogP contribution in [0.25, 0.3) is 11.2 Å². The molecule has 180 valence electrons. The quantitative estimate of drug-likeness (QED) is 0.148. The van der Waals surface area contributed by atoms with Crippen LogP contribution in [0.3, 0.4) is 0 Å². The molecule has 0 bridgehead atoms. The van der Waals surface area contributed by atoms with Crippen molar-refractivity contribution in [3.8, 4) is 0 Å². The van der Waals surface area contributed by atoms with Gasteiger partial charge < -0.3 is 45.2 Å². The molecule has 1 saturated heterocycles. The number of nitrogens with one attached hydrogen (secondary N) is 1. The van der Waals surface area contributed by atoms with E-state index in [9.17, 15) is 28.8 Å². The molecule has 1 aliphatic heterocycles. The van der Waals surface area contributed by atoms with E-state index in [1.165, 1.54) is 10.9 Å². The summed E-state index contributed by atoms with van der Waals surface area (Å²) in [6.07, 6.45) is -4.88. The van der Waals surface area contributed by atoms with E-state index in [0.717, 1.165) is 0 Å². The van der Waals surface area contributed by atoms with Gasteiger partial charge in [-0.15, -0.1) is 0 Å². The third-order valence-corrected chi connectivity index (χ3v) is 7.98. The number of nitrogens with two attached hydrogens (primary N) is 1. The first kappa shape index (κ1) is 25.5. The molecular weight excluding hydrogens is 523 g/mol. The molecule has 6 atom stereocenters. The zero-order chi connectivity index (χ0) is 24.1. The van der Waals surface area contributed by atoms with Crippen molar-refractivity contribution in [2.45, 2.75) is 24.5 Å². The third kappa shape index (κ3) is 5.85. The van der Waals surface area contributed by atoms with Crippen molar-refractivity contribution >= 4 is 52.8 Å². The Hall–Kier alpha value is -1.14. The maximum atomic E-state index is 11.8. The Bertz CT molecular complexity index is 1210. The number of anilines is 1. The molecule has 1 fully saturated rings. The van der Waals surface area contributed by atoms with Crippen LogP contribution < -0.4 is 5.73 Å². The maximum Gasteiger partial charge on any atom is 0.490 e. The van der Waals surface area contributed by atoms with E-state index in [4.69, 9.17) is 37.4 Å². The second-order valence-corrected chi connectivity index (χ2v) is 11.0. The molecule has 18 nitrogen and oxygen atoms in total. The molecule has 32 heavy (non-hydrogen) atoms. The minimum atomic E-state index is -5.71. The van der Waals surface area contributed by atoms with E-state index in [1.807, 2.05) is 0 Å². The minimum absolute atomic E-state index is 0.0484. The Kier molecular flexibility index (Phi) is 7.09. The first-order chi connectivity index (χ1) is 14.6. The van der Waals surface area contributed by atoms with Crippen LogP contribution in [0.4, 0.5) is 5.95 Å². The summed E-state index contributed by atoms with van der Waals surface area (Å²) < 4.78 is 52.1. The summed E-state index contributed by atoms with van der Waals surface area (Å²) in [6, 6.07) is 0. The zero-order valence-electron chi connectivity index (χ0n) is 15.3. The van der Waals surface area contributed by atoms with Gasteiger partial charge in [0.1, 0.15) is 29.5 Å². The molecular formula is C10H16N5O13P3S. The largest absolute Gasteiger partial charge is 0.490 e. The van der Waals surface area contributed by atoms with Crippen LogP contribution in [-0.4, -0.2) is 74.2 Å². The molecule has 2 aromatic rings. The number of imidazole rings is 1. The number of nitrogens with zero attached hydrogens (tertiary/aromatic N) is 3. The average molecular weight is 539 g/mol. The van der Waals surface area contributed by atoms with Crippen LogP contribution in [0.15, 0.2) is 6.33 Å². The Morgan fingerprint density at radius 1 is 1.16 bits per heavy atom. The van der Waals surface area contributed by atoms with Gasteiger partial charge in [-0.1, -0.05) is 12.2 Å². The van der Waals surface area contributed by atoms with Gasteiger partial charge >= 0.3 is 23.5 Å². The molecule has 0 saturated carbocycles. The number of nitrogen functional groups attached to an aromatic ring is 1. The summed E-state index contributed by atoms with van der Waals surface area (Å²) in [7, 11) is -16.7. The summed E-state index contributed by atoms with van der Waals surface area (Å²) in [6.45, 7) is -0.968. The van der Waals surface area contributed by atoms with Crippen molar-refractivity contribution in [2.24, 2.45) is 0 Å². The SMILES string of the molecule is Nc1nc(=S)c2ncn([C@@H]3O[C@H](COP(=O)(O)OP(=O)(O)OP(=O)(O)O)[C@H](O)[C@@H]3O)c2[nH]1. The Balaban J connectivity index is 1.72. The normalized spacial score (nSPS) is 27.9. The molecule has 2 aromatic heterocycles. The molecule has 3 heterocycles. The summed E-state index contributed by atoms with van der Waals surface area (Å²) >= 11 is 5.03. The lowest BCUT2D eigenvalue weighted by atomic mass is 10.1. The van der Waals surface area contributed by atoms with Crippen LogP contribution in [-0.2, 0) is 31.6 Å². The summed E-state index contributed by atoms with van der Waals surface area (Å²) in [4.78, 5) is 46.1. The number of aromatic amines is 1. The highest BCUT2D eigenvalue weighted by Crippen LogP contribution is 2.66. The van der Waals surface area contributed by atoms with E-state index < -0.39 is 54.6 Å². The Morgan fingerprint density at radius 2 is 1.81 bits per heavy atom. The number of phosphoric ester groups is 1. The van der Waals surface area contributed by atoms with Crippen molar-refractivity contribution in [3.63, 3.8) is 0 Å². The molecule has 22 heteroatoms. The van der Waals surface area contributed by atoms with Crippen LogP contribution in [0.5, 0.6) is 0 Å². The fourth-order valence-corrected chi connectivity index (χ4v) is 5.99. The van der Waals surface area contributed by atoms with Crippen LogP contribution in [0.2, 0.25) is 0 Å². The van der Waals surface area contributed by atoms with Gasteiger partial charge in [0, 0.05) is 0 Å². The van der Waals surface area contributed by atoms with Crippen LogP contribution in [0, 0.1) is 4.64 Å². The van der Waals surface area contributed by atoms with Gasteiger partial charge in [0.2, 0.25) is 0 Å². The highest BCUT2D eigenvalue weighted by molar-refractivity contribution is 7.71. The standard InChI is InChI=1S/C10H16N5O13P3S/c11-10-13-7-4(8(32)14-10)12-2-15(7)9-6(17)5(16)3(26-9)1-25-30(21,22)28-31(23,24)27-29(18,19)20/h2-3,5-6,9,16-17H,1H2,(H,21,22)(H,23,24)(H2,18,19,20)(H3,11,13,14,32)/t3-,5+,6+,9-/m1/s1. The number of phosphoric acid groups is 3. The fourth-order valence-electron chi connectivity index (χ4n) is 2.71. The van der Waals surface area contributed by atoms with Gasteiger partial charge in [-0.05, 0) is 0 Å². The van der Waals surface area contributed by atoms with Gasteiger partial charge in [0.05, 0.1) is 12.9 Å². The summed E-state index contributed by atoms with van der Waals surface area (Å²) in [5.41, 5.74) is 5.99. The van der Waals surface area contributed by atoms with Crippen molar-refractivity contribution in [3.05, 3.63) is 11.0 Å². The number of aliphatic hydroxyl groups is 2. The van der Waals surface area contributed by atoms with E-state index >= 15 is 0 Å². The van der Waals surface area contributed by atoms with Crippen LogP contribution in [0.1, 0.15) is 6.23 Å². The molecule has 9 N–H and O–H groups in total. The summed E-state index contributed by atoms with van der Waals surface area (Å²) in [5.74, 6) is -0.0681. The maximum absolute atomic E-state index is 11.8. The van der Waals surface area contributed by atoms with Crippen molar-refractivity contribution < 1.29 is 61.4 Å². The first-order valence-electron chi connectivity index (χ1n) is 8.11. The minimum Gasteiger partial charge on any atom is -0.387 e. The Morgan fingerprint density at radius 3 is 2.44 bits per heavy atom. The number of hydrogen-bond acceptors (Lipinski definition) is 13. The lowest BCUT2D eigenvalue weighted by Crippen LogP contribution is -2.33. The van der Waals surface area contributed by atoms with Crippen molar-refractivity contribution in [2.75, 3.05) is 12.3 Å². The summed E-state index contributed by atoms with van der Waals surface area (Å²) in [5, 5.41) is 20.5. The molecule has 1 aliphatic rings. The molecule has 2 unspecified atom stereocenters. The number of aliphatic hydroxyl groups excluding tert-OH is 2. The molecule has 0 amide bonds. The van der Waals surface area contributed by atoms with Gasteiger partial charge in [-0.3, -0.25) is 9.09 Å². The fraction of sp³-hybridized carbons (Fsp3) is 0.500. The van der Waals surface area contributed by atoms with Gasteiger partial charge in [-0.25, -0.2) is 23.7 Å². The van der Waals surface area contributed by atoms with Crippen molar-refractivity contribution in [1.29, 1.82) is 0 Å². The smallest absolute Gasteiger partial charge is 0.387 e. The number of fused-ring (bicyclic) bond motifs is 1. The average Bonchev–Trinajstić information content (AvgIpc) is 3.12. The number of rotatable bonds is 8. The molecule has 0 spiro atoms. The van der Waals surface area contributed by atoms with E-state index in [2.05, 4.69) is 28.1 Å². The molecule has 3 rings (SSSR count). The number of hydrogen-bond donors (Lipinski definition) is 8. The monoisotopic (exact) mass is 539 g/mol. The van der Waals surface area contributed by atoms with Gasteiger partial charge in [0.15, 0.2) is 16.8 Å². The molecule has 0 aromatic carbocycles. The highest BCUT2D eigenvalue weighted by Gasteiger charge is 2.46. The third-order valence-electron chi connectivity index (χ3n) is 3.89. The highest BCUT2D eigenvalue weighted by atomic mass is 32.1. The number of H-pyrrole nitrogens is 1. The topological polar surface area (TPSA) is 282 Å². The van der Waals surface area contributed by atoms with E-state index in [-0.39, 0.29) is 21.8 Å². The lowest BCUT2D eigenvalue weighted by molar-refractivity contribution is -0.0503. The predicted molar refractivity (Wildman–Crippen MR) is 103 cm³/mol.